The maximum atomic E-state index is 12.1. The minimum Gasteiger partial charge on any atom is -0.452 e. The molecule has 20 heavy (non-hydrogen) atoms. The van der Waals surface area contributed by atoms with E-state index < -0.39 is 24.2 Å². The minimum absolute atomic E-state index is 0.400. The average Bonchev–Trinajstić information content (AvgIpc) is 2.38. The fourth-order valence-electron chi connectivity index (χ4n) is 1.24. The quantitative estimate of drug-likeness (QED) is 0.498. The maximum absolute atomic E-state index is 12.1. The summed E-state index contributed by atoms with van der Waals surface area (Å²) in [6.45, 7) is 1.25. The van der Waals surface area contributed by atoms with Crippen LogP contribution in [0.4, 0.5) is 14.5 Å². The van der Waals surface area contributed by atoms with Crippen LogP contribution in [-0.4, -0.2) is 24.2 Å². The number of esters is 1. The molecule has 1 aromatic rings. The minimum atomic E-state index is -2.48. The normalized spacial score (nSPS) is 10.8. The van der Waals surface area contributed by atoms with Gasteiger partial charge in [0.2, 0.25) is 0 Å². The number of rotatable bonds is 6. The van der Waals surface area contributed by atoms with Gasteiger partial charge >= 0.3 is 5.97 Å². The van der Waals surface area contributed by atoms with Crippen LogP contribution in [0.1, 0.15) is 6.92 Å². The molecule has 0 aliphatic rings. The van der Waals surface area contributed by atoms with Crippen molar-refractivity contribution in [3.63, 3.8) is 0 Å². The Kier molecular flexibility index (Phi) is 6.72. The van der Waals surface area contributed by atoms with Gasteiger partial charge in [-0.25, -0.2) is 4.79 Å². The number of benzene rings is 1. The lowest BCUT2D eigenvalue weighted by Crippen LogP contribution is -2.20. The molecule has 0 aliphatic carbocycles. The third-order valence-corrected chi connectivity index (χ3v) is 2.73. The molecule has 0 unspecified atom stereocenters. The van der Waals surface area contributed by atoms with Gasteiger partial charge in [-0.2, -0.15) is 8.78 Å². The number of ether oxygens (including phenoxy) is 1. The van der Waals surface area contributed by atoms with E-state index in [-0.39, 0.29) is 0 Å². The summed E-state index contributed by atoms with van der Waals surface area (Å²) in [7, 11) is 0. The monoisotopic (exact) mass is 301 g/mol. The van der Waals surface area contributed by atoms with Crippen molar-refractivity contribution in [2.24, 2.45) is 0 Å². The number of halogens is 2. The molecular weight excluding hydrogens is 288 g/mol. The van der Waals surface area contributed by atoms with Crippen LogP contribution in [0.25, 0.3) is 0 Å². The molecule has 1 amide bonds. The number of carbonyl (C=O) groups excluding carboxylic acids is 2. The van der Waals surface area contributed by atoms with Crippen LogP contribution in [0.3, 0.4) is 0 Å². The van der Waals surface area contributed by atoms with Crippen molar-refractivity contribution in [2.75, 3.05) is 11.9 Å². The molecule has 0 fully saturated rings. The van der Waals surface area contributed by atoms with Gasteiger partial charge < -0.3 is 10.1 Å². The molecule has 0 atom stereocenters. The molecule has 0 bridgehead atoms. The number of carbonyl (C=O) groups is 2. The number of amides is 1. The van der Waals surface area contributed by atoms with E-state index in [2.05, 4.69) is 10.1 Å². The zero-order valence-electron chi connectivity index (χ0n) is 10.6. The molecule has 108 valence electrons. The molecule has 7 heteroatoms. The van der Waals surface area contributed by atoms with Gasteiger partial charge in [-0.1, -0.05) is 17.8 Å². The van der Waals surface area contributed by atoms with Crippen LogP contribution in [0.2, 0.25) is 0 Å². The Hall–Kier alpha value is -1.89. The predicted molar refractivity (Wildman–Crippen MR) is 72.7 cm³/mol. The maximum Gasteiger partial charge on any atom is 0.330 e. The van der Waals surface area contributed by atoms with Gasteiger partial charge in [0.15, 0.2) is 6.61 Å². The first kappa shape index (κ1) is 16.2. The van der Waals surface area contributed by atoms with Crippen molar-refractivity contribution in [2.45, 2.75) is 17.6 Å². The number of anilines is 1. The van der Waals surface area contributed by atoms with Crippen molar-refractivity contribution in [1.82, 2.24) is 0 Å². The first-order valence-electron chi connectivity index (χ1n) is 5.65. The fourth-order valence-corrected chi connectivity index (χ4v) is 1.74. The van der Waals surface area contributed by atoms with Gasteiger partial charge in [0, 0.05) is 16.7 Å². The number of hydrogen-bond donors (Lipinski definition) is 1. The van der Waals surface area contributed by atoms with Gasteiger partial charge in [0.25, 0.3) is 11.7 Å². The van der Waals surface area contributed by atoms with Crippen molar-refractivity contribution >= 4 is 29.3 Å². The summed E-state index contributed by atoms with van der Waals surface area (Å²) in [5.74, 6) is -3.59. The third-order valence-electron chi connectivity index (χ3n) is 2.01. The summed E-state index contributed by atoms with van der Waals surface area (Å²) in [4.78, 5) is 22.8. The van der Waals surface area contributed by atoms with E-state index in [1.807, 2.05) is 0 Å². The van der Waals surface area contributed by atoms with Crippen LogP contribution in [0.15, 0.2) is 41.3 Å². The van der Waals surface area contributed by atoms with Crippen LogP contribution >= 0.6 is 11.8 Å². The van der Waals surface area contributed by atoms with Gasteiger partial charge in [0.05, 0.1) is 0 Å². The smallest absolute Gasteiger partial charge is 0.330 e. The molecule has 0 radical (unpaired) electrons. The topological polar surface area (TPSA) is 55.4 Å². The standard InChI is InChI=1S/C13H13F2NO3S/c1-2-3-12(18)19-8-11(17)16-9-4-6-10(7-5-9)20-13(14)15/h2-7,13H,8H2,1H3,(H,16,17). The molecule has 1 rings (SSSR count). The average molecular weight is 301 g/mol. The largest absolute Gasteiger partial charge is 0.452 e. The van der Waals surface area contributed by atoms with E-state index in [9.17, 15) is 18.4 Å². The molecule has 1 aromatic carbocycles. The van der Waals surface area contributed by atoms with Crippen molar-refractivity contribution < 1.29 is 23.1 Å². The van der Waals surface area contributed by atoms with E-state index in [1.165, 1.54) is 36.4 Å². The highest BCUT2D eigenvalue weighted by atomic mass is 32.2. The highest BCUT2D eigenvalue weighted by Gasteiger charge is 2.07. The second-order valence-electron chi connectivity index (χ2n) is 3.56. The fraction of sp³-hybridized carbons (Fsp3) is 0.231. The molecule has 1 N–H and O–H groups in total. The Morgan fingerprint density at radius 2 is 2.00 bits per heavy atom. The lowest BCUT2D eigenvalue weighted by atomic mass is 10.3. The summed E-state index contributed by atoms with van der Waals surface area (Å²) < 4.78 is 28.9. The number of allylic oxidation sites excluding steroid dienone is 1. The SMILES string of the molecule is CC=CC(=O)OCC(=O)Nc1ccc(SC(F)F)cc1. The molecule has 0 saturated heterocycles. The highest BCUT2D eigenvalue weighted by Crippen LogP contribution is 2.26. The molecule has 0 saturated carbocycles. The molecule has 0 heterocycles. The Balaban J connectivity index is 2.44. The number of nitrogens with one attached hydrogen (secondary N) is 1. The second-order valence-corrected chi connectivity index (χ2v) is 4.62. The zero-order valence-corrected chi connectivity index (χ0v) is 11.5. The lowest BCUT2D eigenvalue weighted by Gasteiger charge is -2.06. The first-order valence-corrected chi connectivity index (χ1v) is 6.53. The Morgan fingerprint density at radius 3 is 2.55 bits per heavy atom. The summed E-state index contributed by atoms with van der Waals surface area (Å²) in [5.41, 5.74) is 0.440. The van der Waals surface area contributed by atoms with E-state index >= 15 is 0 Å². The molecular formula is C13H13F2NO3S. The molecule has 0 aromatic heterocycles. The summed E-state index contributed by atoms with van der Waals surface area (Å²) in [6.07, 6.45) is 2.70. The van der Waals surface area contributed by atoms with Gasteiger partial charge in [-0.05, 0) is 31.2 Å². The highest BCUT2D eigenvalue weighted by molar-refractivity contribution is 7.99. The van der Waals surface area contributed by atoms with E-state index in [1.54, 1.807) is 6.92 Å². The third kappa shape index (κ3) is 6.33. The van der Waals surface area contributed by atoms with E-state index in [0.717, 1.165) is 0 Å². The van der Waals surface area contributed by atoms with Crippen LogP contribution in [-0.2, 0) is 14.3 Å². The van der Waals surface area contributed by atoms with Crippen molar-refractivity contribution in [1.29, 1.82) is 0 Å². The second kappa shape index (κ2) is 8.31. The summed E-state index contributed by atoms with van der Waals surface area (Å²) in [5, 5.41) is 2.48. The number of thioether (sulfide) groups is 1. The van der Waals surface area contributed by atoms with Gasteiger partial charge in [-0.3, -0.25) is 4.79 Å². The van der Waals surface area contributed by atoms with Gasteiger partial charge in [0.1, 0.15) is 0 Å². The summed E-state index contributed by atoms with van der Waals surface area (Å²) in [6, 6.07) is 5.93. The molecule has 4 nitrogen and oxygen atoms in total. The first-order chi connectivity index (χ1) is 9.51. The number of hydrogen-bond acceptors (Lipinski definition) is 4. The van der Waals surface area contributed by atoms with Gasteiger partial charge in [-0.15, -0.1) is 0 Å². The number of alkyl halides is 2. The zero-order chi connectivity index (χ0) is 15.0. The van der Waals surface area contributed by atoms with Crippen molar-refractivity contribution in [3.05, 3.63) is 36.4 Å². The van der Waals surface area contributed by atoms with Crippen LogP contribution in [0, 0.1) is 0 Å². The molecule has 0 aliphatic heterocycles. The lowest BCUT2D eigenvalue weighted by molar-refractivity contribution is -0.142. The van der Waals surface area contributed by atoms with Crippen LogP contribution in [0.5, 0.6) is 0 Å². The van der Waals surface area contributed by atoms with Crippen molar-refractivity contribution in [3.8, 4) is 0 Å². The molecule has 0 spiro atoms. The predicted octanol–water partition coefficient (Wildman–Crippen LogP) is 3.06. The van der Waals surface area contributed by atoms with E-state index in [0.29, 0.717) is 22.3 Å². The Morgan fingerprint density at radius 1 is 1.35 bits per heavy atom. The summed E-state index contributed by atoms with van der Waals surface area (Å²) >= 11 is 0.423. The Labute approximate surface area is 119 Å². The van der Waals surface area contributed by atoms with E-state index in [4.69, 9.17) is 0 Å². The Bertz CT molecular complexity index is 489. The van der Waals surface area contributed by atoms with Crippen LogP contribution < -0.4 is 5.32 Å².